The molecule has 0 fully saturated rings. The van der Waals surface area contributed by atoms with Crippen molar-refractivity contribution in [3.05, 3.63) is 35.0 Å². The van der Waals surface area contributed by atoms with E-state index in [1.165, 1.54) is 10.9 Å². The highest BCUT2D eigenvalue weighted by molar-refractivity contribution is 5.67. The van der Waals surface area contributed by atoms with Crippen LogP contribution in [0.25, 0.3) is 23.9 Å². The molecule has 0 aliphatic heterocycles. The van der Waals surface area contributed by atoms with Gasteiger partial charge in [0.2, 0.25) is 0 Å². The number of hydrogen-bond donors (Lipinski definition) is 0. The summed E-state index contributed by atoms with van der Waals surface area (Å²) in [6.45, 7) is 20.2. The van der Waals surface area contributed by atoms with Gasteiger partial charge in [-0.1, -0.05) is 25.8 Å². The smallest absolute Gasteiger partial charge is 0.0464 e. The fourth-order valence-electron chi connectivity index (χ4n) is 2.12. The molecule has 1 aromatic heterocycles. The average Bonchev–Trinajstić information content (AvgIpc) is 2.36. The lowest BCUT2D eigenvalue weighted by Crippen LogP contribution is -2.24. The van der Waals surface area contributed by atoms with Crippen LogP contribution in [0.1, 0.15) is 31.9 Å². The fourth-order valence-corrected chi connectivity index (χ4v) is 2.12. The highest BCUT2D eigenvalue weighted by Gasteiger charge is 2.09. The van der Waals surface area contributed by atoms with Gasteiger partial charge in [0, 0.05) is 22.0 Å². The van der Waals surface area contributed by atoms with Gasteiger partial charge >= 0.3 is 0 Å². The fraction of sp³-hybridized carbons (Fsp3) is 0.286. The Bertz CT molecular complexity index is 527. The third kappa shape index (κ3) is 1.70. The van der Waals surface area contributed by atoms with Gasteiger partial charge in [0.25, 0.3) is 0 Å². The molecule has 0 amide bonds. The molecule has 0 saturated carbocycles. The van der Waals surface area contributed by atoms with Gasteiger partial charge in [-0.2, -0.15) is 0 Å². The van der Waals surface area contributed by atoms with E-state index in [0.29, 0.717) is 0 Å². The molecular weight excluding hydrogens is 182 g/mol. The maximum absolute atomic E-state index is 4.11. The number of rotatable bonds is 2. The molecule has 0 unspecified atom stereocenters. The minimum absolute atomic E-state index is 0.987. The van der Waals surface area contributed by atoms with Crippen molar-refractivity contribution in [2.24, 2.45) is 0 Å². The molecular formula is C14H19N. The SMILES string of the molecule is C=C(C)c1c(C)/c(=C\C)n(C(=C)C)c1=C. The Morgan fingerprint density at radius 3 is 2.07 bits per heavy atom. The Labute approximate surface area is 91.7 Å². The molecule has 0 aliphatic carbocycles. The lowest BCUT2D eigenvalue weighted by molar-refractivity contribution is 1.01. The molecule has 0 radical (unpaired) electrons. The number of hydrogen-bond acceptors (Lipinski definition) is 0. The summed E-state index contributed by atoms with van der Waals surface area (Å²) in [5.74, 6) is 0. The van der Waals surface area contributed by atoms with Crippen LogP contribution in [0.5, 0.6) is 0 Å². The van der Waals surface area contributed by atoms with Crippen LogP contribution in [0, 0.1) is 6.92 Å². The molecule has 1 heterocycles. The van der Waals surface area contributed by atoms with E-state index in [-0.39, 0.29) is 0 Å². The molecule has 0 aromatic carbocycles. The van der Waals surface area contributed by atoms with E-state index < -0.39 is 0 Å². The van der Waals surface area contributed by atoms with E-state index in [9.17, 15) is 0 Å². The minimum Gasteiger partial charge on any atom is -0.315 e. The third-order valence-corrected chi connectivity index (χ3v) is 2.64. The number of aromatic nitrogens is 1. The van der Waals surface area contributed by atoms with Crippen molar-refractivity contribution in [1.29, 1.82) is 0 Å². The van der Waals surface area contributed by atoms with Crippen LogP contribution >= 0.6 is 0 Å². The van der Waals surface area contributed by atoms with Crippen LogP contribution in [0.15, 0.2) is 13.2 Å². The summed E-state index contributed by atoms with van der Waals surface area (Å²) in [4.78, 5) is 0. The molecule has 0 N–H and O–H groups in total. The molecule has 1 aromatic rings. The minimum atomic E-state index is 0.987. The van der Waals surface area contributed by atoms with E-state index >= 15 is 0 Å². The molecule has 1 rings (SSSR count). The summed E-state index contributed by atoms with van der Waals surface area (Å²) in [6, 6.07) is 0. The summed E-state index contributed by atoms with van der Waals surface area (Å²) in [7, 11) is 0. The van der Waals surface area contributed by atoms with Crippen molar-refractivity contribution in [3.8, 4) is 0 Å². The van der Waals surface area contributed by atoms with Gasteiger partial charge < -0.3 is 4.57 Å². The zero-order valence-electron chi connectivity index (χ0n) is 10.1. The van der Waals surface area contributed by atoms with E-state index in [1.54, 1.807) is 0 Å². The molecule has 1 nitrogen and oxygen atoms in total. The Kier molecular flexibility index (Phi) is 3.04. The van der Waals surface area contributed by atoms with Crippen LogP contribution in [0.2, 0.25) is 0 Å². The molecule has 15 heavy (non-hydrogen) atoms. The second-order valence-electron chi connectivity index (χ2n) is 3.97. The van der Waals surface area contributed by atoms with Crippen LogP contribution in [0.3, 0.4) is 0 Å². The van der Waals surface area contributed by atoms with Gasteiger partial charge in [-0.3, -0.25) is 0 Å². The van der Waals surface area contributed by atoms with Gasteiger partial charge in [0.05, 0.1) is 0 Å². The Balaban J connectivity index is 3.86. The maximum atomic E-state index is 4.11. The molecule has 0 aliphatic rings. The highest BCUT2D eigenvalue weighted by atomic mass is 15.0. The normalized spacial score (nSPS) is 11.9. The highest BCUT2D eigenvalue weighted by Crippen LogP contribution is 2.10. The van der Waals surface area contributed by atoms with Gasteiger partial charge in [-0.15, -0.1) is 0 Å². The first kappa shape index (κ1) is 11.6. The van der Waals surface area contributed by atoms with Crippen molar-refractivity contribution in [3.63, 3.8) is 0 Å². The Morgan fingerprint density at radius 1 is 1.27 bits per heavy atom. The third-order valence-electron chi connectivity index (χ3n) is 2.64. The van der Waals surface area contributed by atoms with Gasteiger partial charge in [0.1, 0.15) is 0 Å². The standard InChI is InChI=1S/C14H19N/c1-8-13-11(6)14(9(2)3)12(7)15(13)10(4)5/h8H,2,4,7H2,1,3,5-6H3/b13-8+. The summed E-state index contributed by atoms with van der Waals surface area (Å²) in [5, 5.41) is 2.16. The van der Waals surface area contributed by atoms with Gasteiger partial charge in [-0.25, -0.2) is 0 Å². The largest absolute Gasteiger partial charge is 0.315 e. The summed E-state index contributed by atoms with van der Waals surface area (Å²) < 4.78 is 2.08. The summed E-state index contributed by atoms with van der Waals surface area (Å²) >= 11 is 0. The Morgan fingerprint density at radius 2 is 1.80 bits per heavy atom. The topological polar surface area (TPSA) is 4.93 Å². The van der Waals surface area contributed by atoms with Crippen molar-refractivity contribution in [2.45, 2.75) is 27.7 Å². The van der Waals surface area contributed by atoms with E-state index in [1.807, 2.05) is 20.8 Å². The molecule has 80 valence electrons. The first-order chi connectivity index (χ1) is 6.91. The first-order valence-electron chi connectivity index (χ1n) is 5.10. The van der Waals surface area contributed by atoms with E-state index in [2.05, 4.69) is 37.3 Å². The predicted molar refractivity (Wildman–Crippen MR) is 69.8 cm³/mol. The lowest BCUT2D eigenvalue weighted by atomic mass is 10.1. The van der Waals surface area contributed by atoms with Crippen LogP contribution in [-0.4, -0.2) is 4.57 Å². The summed E-state index contributed by atoms with van der Waals surface area (Å²) in [6.07, 6.45) is 2.09. The van der Waals surface area contributed by atoms with Crippen molar-refractivity contribution in [1.82, 2.24) is 4.57 Å². The van der Waals surface area contributed by atoms with Gasteiger partial charge in [-0.05, 0) is 38.8 Å². The van der Waals surface area contributed by atoms with Crippen LogP contribution < -0.4 is 10.7 Å². The van der Waals surface area contributed by atoms with Crippen LogP contribution in [-0.2, 0) is 0 Å². The lowest BCUT2D eigenvalue weighted by Gasteiger charge is -2.02. The predicted octanol–water partition coefficient (Wildman–Crippen LogP) is 2.53. The molecule has 0 atom stereocenters. The summed E-state index contributed by atoms with van der Waals surface area (Å²) in [5.41, 5.74) is 4.44. The molecule has 1 heteroatoms. The number of allylic oxidation sites excluding steroid dienone is 2. The average molecular weight is 201 g/mol. The van der Waals surface area contributed by atoms with E-state index in [4.69, 9.17) is 0 Å². The Hall–Kier alpha value is -1.50. The van der Waals surface area contributed by atoms with Crippen molar-refractivity contribution < 1.29 is 0 Å². The quantitative estimate of drug-likeness (QED) is 0.693. The van der Waals surface area contributed by atoms with Crippen LogP contribution in [0.4, 0.5) is 0 Å². The maximum Gasteiger partial charge on any atom is 0.0464 e. The van der Waals surface area contributed by atoms with Gasteiger partial charge in [0.15, 0.2) is 0 Å². The molecule has 0 spiro atoms. The first-order valence-corrected chi connectivity index (χ1v) is 5.10. The van der Waals surface area contributed by atoms with E-state index in [0.717, 1.165) is 22.2 Å². The molecule has 0 bridgehead atoms. The second-order valence-corrected chi connectivity index (χ2v) is 3.97. The number of nitrogens with zero attached hydrogens (tertiary/aromatic N) is 1. The second kappa shape index (κ2) is 3.93. The molecule has 0 saturated heterocycles. The monoisotopic (exact) mass is 201 g/mol. The zero-order valence-corrected chi connectivity index (χ0v) is 10.1. The van der Waals surface area contributed by atoms with Crippen molar-refractivity contribution in [2.75, 3.05) is 0 Å². The zero-order chi connectivity index (χ0) is 11.7. The van der Waals surface area contributed by atoms with Crippen molar-refractivity contribution >= 4 is 23.9 Å².